The molecule has 0 bridgehead atoms. The lowest BCUT2D eigenvalue weighted by Gasteiger charge is -1.97. The standard InChI is InChI=1S/C8H5Cl2N3O/c9-4-1-5(10)8(12-3-4)6-2-7(11)14-13-6/h1-3H,11H2. The van der Waals surface area contributed by atoms with E-state index < -0.39 is 0 Å². The quantitative estimate of drug-likeness (QED) is 0.817. The van der Waals surface area contributed by atoms with Gasteiger partial charge in [0.1, 0.15) is 11.4 Å². The number of nitrogen functional groups attached to an aromatic ring is 1. The van der Waals surface area contributed by atoms with Crippen molar-refractivity contribution in [2.24, 2.45) is 0 Å². The Morgan fingerprint density at radius 3 is 2.64 bits per heavy atom. The Hall–Kier alpha value is -1.26. The molecule has 14 heavy (non-hydrogen) atoms. The average molecular weight is 230 g/mol. The van der Waals surface area contributed by atoms with Gasteiger partial charge in [0.15, 0.2) is 0 Å². The molecule has 0 unspecified atom stereocenters. The van der Waals surface area contributed by atoms with E-state index >= 15 is 0 Å². The first-order valence-electron chi connectivity index (χ1n) is 3.70. The summed E-state index contributed by atoms with van der Waals surface area (Å²) in [6.45, 7) is 0. The van der Waals surface area contributed by atoms with Crippen molar-refractivity contribution in [2.75, 3.05) is 5.73 Å². The van der Waals surface area contributed by atoms with Gasteiger partial charge in [0.2, 0.25) is 5.88 Å². The fourth-order valence-electron chi connectivity index (χ4n) is 1.00. The Morgan fingerprint density at radius 1 is 1.29 bits per heavy atom. The molecule has 4 nitrogen and oxygen atoms in total. The van der Waals surface area contributed by atoms with Crippen molar-refractivity contribution in [3.05, 3.63) is 28.4 Å². The van der Waals surface area contributed by atoms with Gasteiger partial charge in [-0.1, -0.05) is 28.4 Å². The molecule has 0 aliphatic carbocycles. The summed E-state index contributed by atoms with van der Waals surface area (Å²) >= 11 is 11.6. The van der Waals surface area contributed by atoms with Crippen molar-refractivity contribution < 1.29 is 4.52 Å². The molecule has 0 fully saturated rings. The fraction of sp³-hybridized carbons (Fsp3) is 0. The molecule has 0 radical (unpaired) electrons. The molecular formula is C8H5Cl2N3O. The first kappa shape index (κ1) is 9.30. The number of nitrogens with two attached hydrogens (primary N) is 1. The van der Waals surface area contributed by atoms with Gasteiger partial charge < -0.3 is 10.3 Å². The maximum absolute atomic E-state index is 5.90. The van der Waals surface area contributed by atoms with E-state index in [4.69, 9.17) is 33.5 Å². The van der Waals surface area contributed by atoms with Gasteiger partial charge in [-0.3, -0.25) is 4.98 Å². The molecule has 0 spiro atoms. The smallest absolute Gasteiger partial charge is 0.222 e. The van der Waals surface area contributed by atoms with E-state index in [0.717, 1.165) is 0 Å². The van der Waals surface area contributed by atoms with E-state index in [1.54, 1.807) is 12.1 Å². The van der Waals surface area contributed by atoms with Crippen LogP contribution in [0.1, 0.15) is 0 Å². The van der Waals surface area contributed by atoms with Crippen molar-refractivity contribution in [1.29, 1.82) is 0 Å². The fourth-order valence-corrected chi connectivity index (χ4v) is 1.48. The van der Waals surface area contributed by atoms with Gasteiger partial charge in [0.05, 0.1) is 10.0 Å². The van der Waals surface area contributed by atoms with Crippen LogP contribution in [0.15, 0.2) is 22.9 Å². The van der Waals surface area contributed by atoms with E-state index in [9.17, 15) is 0 Å². The molecule has 0 atom stereocenters. The second-order valence-corrected chi connectivity index (χ2v) is 3.44. The maximum Gasteiger partial charge on any atom is 0.222 e. The van der Waals surface area contributed by atoms with Crippen molar-refractivity contribution in [3.8, 4) is 11.4 Å². The summed E-state index contributed by atoms with van der Waals surface area (Å²) in [5, 5.41) is 4.56. The summed E-state index contributed by atoms with van der Waals surface area (Å²) in [5.74, 6) is 0.216. The predicted molar refractivity (Wildman–Crippen MR) is 54.2 cm³/mol. The van der Waals surface area contributed by atoms with Crippen molar-refractivity contribution in [3.63, 3.8) is 0 Å². The Labute approximate surface area is 89.6 Å². The molecule has 6 heteroatoms. The molecule has 72 valence electrons. The Morgan fingerprint density at radius 2 is 2.07 bits per heavy atom. The van der Waals surface area contributed by atoms with Crippen LogP contribution in [0.3, 0.4) is 0 Å². The SMILES string of the molecule is Nc1cc(-c2ncc(Cl)cc2Cl)no1. The molecule has 2 N–H and O–H groups in total. The summed E-state index contributed by atoms with van der Waals surface area (Å²) in [7, 11) is 0. The zero-order chi connectivity index (χ0) is 10.1. The minimum Gasteiger partial charge on any atom is -0.368 e. The third kappa shape index (κ3) is 1.66. The van der Waals surface area contributed by atoms with Gasteiger partial charge in [0.25, 0.3) is 0 Å². The van der Waals surface area contributed by atoms with Crippen molar-refractivity contribution in [1.82, 2.24) is 10.1 Å². The largest absolute Gasteiger partial charge is 0.368 e. The molecule has 2 heterocycles. The van der Waals surface area contributed by atoms with Gasteiger partial charge in [-0.25, -0.2) is 0 Å². The summed E-state index contributed by atoms with van der Waals surface area (Å²) in [5.41, 5.74) is 6.36. The number of rotatable bonds is 1. The lowest BCUT2D eigenvalue weighted by molar-refractivity contribution is 0.439. The summed E-state index contributed by atoms with van der Waals surface area (Å²) < 4.78 is 4.70. The number of nitrogens with zero attached hydrogens (tertiary/aromatic N) is 2. The molecule has 0 aliphatic rings. The Kier molecular flexibility index (Phi) is 2.31. The number of hydrogen-bond acceptors (Lipinski definition) is 4. The molecule has 0 saturated carbocycles. The van der Waals surface area contributed by atoms with Crippen LogP contribution in [0, 0.1) is 0 Å². The third-order valence-electron chi connectivity index (χ3n) is 1.58. The first-order valence-corrected chi connectivity index (χ1v) is 4.46. The van der Waals surface area contributed by atoms with E-state index in [2.05, 4.69) is 10.1 Å². The van der Waals surface area contributed by atoms with Gasteiger partial charge in [-0.05, 0) is 6.07 Å². The highest BCUT2D eigenvalue weighted by molar-refractivity contribution is 6.35. The van der Waals surface area contributed by atoms with Crippen LogP contribution in [-0.2, 0) is 0 Å². The number of aromatic nitrogens is 2. The number of halogens is 2. The van der Waals surface area contributed by atoms with Crippen LogP contribution in [0.2, 0.25) is 10.0 Å². The second kappa shape index (κ2) is 3.48. The number of pyridine rings is 1. The molecule has 0 saturated heterocycles. The van der Waals surface area contributed by atoms with Crippen LogP contribution >= 0.6 is 23.2 Å². The van der Waals surface area contributed by atoms with Gasteiger partial charge >= 0.3 is 0 Å². The highest BCUT2D eigenvalue weighted by Gasteiger charge is 2.10. The molecule has 2 rings (SSSR count). The highest BCUT2D eigenvalue weighted by Crippen LogP contribution is 2.27. The number of anilines is 1. The second-order valence-electron chi connectivity index (χ2n) is 2.60. The van der Waals surface area contributed by atoms with E-state index in [1.165, 1.54) is 6.20 Å². The normalized spacial score (nSPS) is 10.4. The Balaban J connectivity index is 2.52. The molecule has 0 aliphatic heterocycles. The predicted octanol–water partition coefficient (Wildman–Crippen LogP) is 2.63. The van der Waals surface area contributed by atoms with Gasteiger partial charge in [0, 0.05) is 12.3 Å². The van der Waals surface area contributed by atoms with Crippen LogP contribution in [0.25, 0.3) is 11.4 Å². The summed E-state index contributed by atoms with van der Waals surface area (Å²) in [4.78, 5) is 4.02. The Bertz CT molecular complexity index is 469. The average Bonchev–Trinajstić information content (AvgIpc) is 2.51. The molecule has 0 amide bonds. The zero-order valence-corrected chi connectivity index (χ0v) is 8.38. The van der Waals surface area contributed by atoms with Gasteiger partial charge in [-0.2, -0.15) is 0 Å². The molecular weight excluding hydrogens is 225 g/mol. The highest BCUT2D eigenvalue weighted by atomic mass is 35.5. The van der Waals surface area contributed by atoms with Crippen LogP contribution in [-0.4, -0.2) is 10.1 Å². The van der Waals surface area contributed by atoms with E-state index in [-0.39, 0.29) is 5.88 Å². The number of hydrogen-bond donors (Lipinski definition) is 1. The maximum atomic E-state index is 5.90. The minimum atomic E-state index is 0.216. The summed E-state index contributed by atoms with van der Waals surface area (Å²) in [6, 6.07) is 3.12. The van der Waals surface area contributed by atoms with Crippen LogP contribution in [0.5, 0.6) is 0 Å². The molecule has 0 aromatic carbocycles. The monoisotopic (exact) mass is 229 g/mol. The lowest BCUT2D eigenvalue weighted by Crippen LogP contribution is -1.84. The third-order valence-corrected chi connectivity index (χ3v) is 2.07. The lowest BCUT2D eigenvalue weighted by atomic mass is 10.3. The van der Waals surface area contributed by atoms with E-state index in [1.807, 2.05) is 0 Å². The van der Waals surface area contributed by atoms with Gasteiger partial charge in [-0.15, -0.1) is 0 Å². The van der Waals surface area contributed by atoms with Crippen molar-refractivity contribution >= 4 is 29.1 Å². The topological polar surface area (TPSA) is 64.9 Å². The minimum absolute atomic E-state index is 0.216. The first-order chi connectivity index (χ1) is 6.66. The van der Waals surface area contributed by atoms with Crippen LogP contribution in [0.4, 0.5) is 5.88 Å². The summed E-state index contributed by atoms with van der Waals surface area (Å²) in [6.07, 6.45) is 1.48. The zero-order valence-electron chi connectivity index (χ0n) is 6.87. The molecule has 2 aromatic heterocycles. The van der Waals surface area contributed by atoms with Crippen LogP contribution < -0.4 is 5.73 Å². The molecule has 2 aromatic rings. The van der Waals surface area contributed by atoms with Crippen molar-refractivity contribution in [2.45, 2.75) is 0 Å². The van der Waals surface area contributed by atoms with E-state index in [0.29, 0.717) is 21.4 Å².